The first-order valence-corrected chi connectivity index (χ1v) is 13.2. The van der Waals surface area contributed by atoms with E-state index in [-0.39, 0.29) is 11.1 Å². The molecule has 0 N–H and O–H groups in total. The van der Waals surface area contributed by atoms with E-state index in [1.165, 1.54) is 30.1 Å². The summed E-state index contributed by atoms with van der Waals surface area (Å²) in [6, 6.07) is 16.0. The third-order valence-corrected chi connectivity index (χ3v) is 7.64. The zero-order valence-electron chi connectivity index (χ0n) is 21.3. The molecule has 0 fully saturated rings. The molecule has 0 saturated heterocycles. The standard InChI is InChI=1S/C29H25ClN2O5S/c1-5-37-23-12-10-17(19-8-6-7-9-20(19)23)14-24-27(33)32-26(21-15-18(30)11-13-22(21)35-3)25(28(34)36-4)16(2)31-29(32)38-24/h6-15,26H,5H2,1-4H3/b24-14-/t26-/m0/s1. The summed E-state index contributed by atoms with van der Waals surface area (Å²) in [7, 11) is 2.83. The molecule has 4 aromatic rings. The number of ether oxygens (including phenoxy) is 3. The van der Waals surface area contributed by atoms with Crippen LogP contribution in [-0.4, -0.2) is 31.4 Å². The normalized spacial score (nSPS) is 15.3. The molecule has 1 atom stereocenters. The van der Waals surface area contributed by atoms with Crippen LogP contribution < -0.4 is 24.4 Å². The molecule has 0 spiro atoms. The summed E-state index contributed by atoms with van der Waals surface area (Å²) < 4.78 is 18.5. The van der Waals surface area contributed by atoms with Gasteiger partial charge in [-0.3, -0.25) is 9.36 Å². The van der Waals surface area contributed by atoms with Crippen molar-refractivity contribution < 1.29 is 19.0 Å². The van der Waals surface area contributed by atoms with Crippen LogP contribution in [0.15, 0.2) is 75.7 Å². The van der Waals surface area contributed by atoms with Crippen LogP contribution >= 0.6 is 22.9 Å². The Labute approximate surface area is 227 Å². The number of nitrogens with zero attached hydrogens (tertiary/aromatic N) is 2. The van der Waals surface area contributed by atoms with Crippen molar-refractivity contribution in [2.24, 2.45) is 4.99 Å². The highest BCUT2D eigenvalue weighted by Crippen LogP contribution is 2.37. The molecule has 7 nitrogen and oxygen atoms in total. The Kier molecular flexibility index (Phi) is 7.10. The molecular weight excluding hydrogens is 524 g/mol. The van der Waals surface area contributed by atoms with Gasteiger partial charge in [0.25, 0.3) is 5.56 Å². The molecule has 2 heterocycles. The van der Waals surface area contributed by atoms with Gasteiger partial charge in [0, 0.05) is 16.0 Å². The highest BCUT2D eigenvalue weighted by Gasteiger charge is 2.35. The maximum absolute atomic E-state index is 14.0. The summed E-state index contributed by atoms with van der Waals surface area (Å²) in [6.45, 7) is 4.23. The van der Waals surface area contributed by atoms with Gasteiger partial charge >= 0.3 is 5.97 Å². The molecular formula is C29H25ClN2O5S. The average molecular weight is 549 g/mol. The fourth-order valence-corrected chi connectivity index (χ4v) is 5.97. The van der Waals surface area contributed by atoms with Crippen molar-refractivity contribution in [1.29, 1.82) is 0 Å². The summed E-state index contributed by atoms with van der Waals surface area (Å²) in [5.74, 6) is 0.695. The first-order chi connectivity index (χ1) is 18.4. The number of fused-ring (bicyclic) bond motifs is 2. The third-order valence-electron chi connectivity index (χ3n) is 6.42. The van der Waals surface area contributed by atoms with Crippen LogP contribution in [0, 0.1) is 0 Å². The second-order valence-corrected chi connectivity index (χ2v) is 10.0. The Bertz CT molecular complexity index is 1790. The Hall–Kier alpha value is -3.88. The minimum absolute atomic E-state index is 0.249. The van der Waals surface area contributed by atoms with Crippen LogP contribution in [0.25, 0.3) is 16.8 Å². The van der Waals surface area contributed by atoms with Crippen LogP contribution in [0.4, 0.5) is 0 Å². The van der Waals surface area contributed by atoms with Gasteiger partial charge in [-0.2, -0.15) is 0 Å². The molecule has 0 bridgehead atoms. The van der Waals surface area contributed by atoms with Crippen molar-refractivity contribution in [1.82, 2.24) is 4.57 Å². The highest BCUT2D eigenvalue weighted by molar-refractivity contribution is 7.07. The van der Waals surface area contributed by atoms with Crippen LogP contribution in [0.1, 0.15) is 31.0 Å². The van der Waals surface area contributed by atoms with Crippen molar-refractivity contribution in [3.63, 3.8) is 0 Å². The van der Waals surface area contributed by atoms with E-state index in [1.54, 1.807) is 25.1 Å². The number of allylic oxidation sites excluding steroid dienone is 1. The molecule has 1 aliphatic rings. The Morgan fingerprint density at radius 2 is 1.84 bits per heavy atom. The lowest BCUT2D eigenvalue weighted by molar-refractivity contribution is -0.136. The first-order valence-electron chi connectivity index (χ1n) is 12.0. The fraction of sp³-hybridized carbons (Fsp3) is 0.207. The minimum atomic E-state index is -0.827. The lowest BCUT2D eigenvalue weighted by Crippen LogP contribution is -2.40. The maximum atomic E-state index is 14.0. The number of methoxy groups -OCH3 is 2. The zero-order chi connectivity index (χ0) is 27.0. The Morgan fingerprint density at radius 1 is 1.11 bits per heavy atom. The van der Waals surface area contributed by atoms with Gasteiger partial charge in [-0.25, -0.2) is 9.79 Å². The predicted octanol–water partition coefficient (Wildman–Crippen LogP) is 4.62. The topological polar surface area (TPSA) is 79.1 Å². The number of thiazole rings is 1. The molecule has 3 aromatic carbocycles. The van der Waals surface area contributed by atoms with E-state index >= 15 is 0 Å². The van der Waals surface area contributed by atoms with Crippen molar-refractivity contribution in [3.05, 3.63) is 102 Å². The molecule has 0 aliphatic carbocycles. The second kappa shape index (κ2) is 10.5. The van der Waals surface area contributed by atoms with E-state index in [9.17, 15) is 9.59 Å². The van der Waals surface area contributed by atoms with Gasteiger partial charge < -0.3 is 14.2 Å². The molecule has 0 saturated carbocycles. The number of esters is 1. The lowest BCUT2D eigenvalue weighted by atomic mass is 9.95. The zero-order valence-corrected chi connectivity index (χ0v) is 22.9. The number of hydrogen-bond donors (Lipinski definition) is 0. The van der Waals surface area contributed by atoms with Crippen LogP contribution in [0.3, 0.4) is 0 Å². The molecule has 38 heavy (non-hydrogen) atoms. The van der Waals surface area contributed by atoms with Gasteiger partial charge in [-0.15, -0.1) is 0 Å². The van der Waals surface area contributed by atoms with Gasteiger partial charge in [0.2, 0.25) is 0 Å². The smallest absolute Gasteiger partial charge is 0.338 e. The van der Waals surface area contributed by atoms with E-state index in [0.717, 1.165) is 22.1 Å². The predicted molar refractivity (Wildman–Crippen MR) is 149 cm³/mol. The summed E-state index contributed by atoms with van der Waals surface area (Å²) in [4.78, 5) is 32.0. The van der Waals surface area contributed by atoms with Crippen LogP contribution in [0.2, 0.25) is 5.02 Å². The quantitative estimate of drug-likeness (QED) is 0.328. The monoisotopic (exact) mass is 548 g/mol. The Balaban J connectivity index is 1.78. The summed E-state index contributed by atoms with van der Waals surface area (Å²) in [5.41, 5.74) is 1.86. The molecule has 0 unspecified atom stereocenters. The minimum Gasteiger partial charge on any atom is -0.496 e. The van der Waals surface area contributed by atoms with Gasteiger partial charge in [0.15, 0.2) is 4.80 Å². The number of rotatable bonds is 6. The number of benzene rings is 3. The molecule has 0 amide bonds. The van der Waals surface area contributed by atoms with E-state index in [4.69, 9.17) is 25.8 Å². The summed E-state index contributed by atoms with van der Waals surface area (Å²) in [5, 5.41) is 2.37. The summed E-state index contributed by atoms with van der Waals surface area (Å²) >= 11 is 7.61. The maximum Gasteiger partial charge on any atom is 0.338 e. The van der Waals surface area contributed by atoms with E-state index in [1.807, 2.05) is 49.4 Å². The molecule has 0 radical (unpaired) electrons. The van der Waals surface area contributed by atoms with E-state index < -0.39 is 12.0 Å². The Morgan fingerprint density at radius 3 is 2.55 bits per heavy atom. The SMILES string of the molecule is CCOc1ccc(/C=c2\sc3n(c2=O)[C@@H](c2cc(Cl)ccc2OC)C(C(=O)OC)=C(C)N=3)c2ccccc12. The number of carbonyl (C=O) groups excluding carboxylic acids is 1. The lowest BCUT2D eigenvalue weighted by Gasteiger charge is -2.25. The molecule has 5 rings (SSSR count). The largest absolute Gasteiger partial charge is 0.496 e. The number of hydrogen-bond acceptors (Lipinski definition) is 7. The van der Waals surface area contributed by atoms with Crippen LogP contribution in [-0.2, 0) is 9.53 Å². The van der Waals surface area contributed by atoms with Crippen molar-refractivity contribution in [3.8, 4) is 11.5 Å². The number of aromatic nitrogens is 1. The van der Waals surface area contributed by atoms with Gasteiger partial charge in [0.05, 0.1) is 36.6 Å². The fourth-order valence-electron chi connectivity index (χ4n) is 4.75. The van der Waals surface area contributed by atoms with E-state index in [2.05, 4.69) is 4.99 Å². The number of halogens is 1. The highest BCUT2D eigenvalue weighted by atomic mass is 35.5. The molecule has 194 valence electrons. The van der Waals surface area contributed by atoms with Gasteiger partial charge in [-0.1, -0.05) is 53.3 Å². The second-order valence-electron chi connectivity index (χ2n) is 8.59. The molecule has 9 heteroatoms. The van der Waals surface area contributed by atoms with E-state index in [0.29, 0.717) is 38.0 Å². The van der Waals surface area contributed by atoms with Crippen LogP contribution in [0.5, 0.6) is 11.5 Å². The van der Waals surface area contributed by atoms with Crippen molar-refractivity contribution in [2.45, 2.75) is 19.9 Å². The average Bonchev–Trinajstić information content (AvgIpc) is 3.23. The first kappa shape index (κ1) is 25.8. The number of carbonyl (C=O) groups is 1. The molecule has 1 aromatic heterocycles. The van der Waals surface area contributed by atoms with Crippen molar-refractivity contribution in [2.75, 3.05) is 20.8 Å². The van der Waals surface area contributed by atoms with Gasteiger partial charge in [0.1, 0.15) is 17.5 Å². The third kappa shape index (κ3) is 4.40. The van der Waals surface area contributed by atoms with Crippen molar-refractivity contribution >= 4 is 45.8 Å². The molecule has 1 aliphatic heterocycles. The van der Waals surface area contributed by atoms with Gasteiger partial charge in [-0.05, 0) is 55.1 Å². The summed E-state index contributed by atoms with van der Waals surface area (Å²) in [6.07, 6.45) is 1.85.